The number of aromatic nitrogens is 1. The van der Waals surface area contributed by atoms with Gasteiger partial charge in [0.15, 0.2) is 5.13 Å². The highest BCUT2D eigenvalue weighted by molar-refractivity contribution is 7.15. The second-order valence-corrected chi connectivity index (χ2v) is 6.30. The van der Waals surface area contributed by atoms with Gasteiger partial charge in [-0.2, -0.15) is 0 Å². The standard InChI is InChI=1S/C13H23N3S/c1-8-6-5-7-16(11(8)4)13-15-10(3)12(17-13)9(2)14/h8-9,11H,5-7,14H2,1-4H3. The van der Waals surface area contributed by atoms with E-state index in [2.05, 4.69) is 25.7 Å². The molecular formula is C13H23N3S. The van der Waals surface area contributed by atoms with Gasteiger partial charge < -0.3 is 10.6 Å². The number of anilines is 1. The van der Waals surface area contributed by atoms with Gasteiger partial charge in [-0.1, -0.05) is 6.92 Å². The SMILES string of the molecule is Cc1nc(N2CCCC(C)C2C)sc1C(C)N. The molecule has 0 spiro atoms. The van der Waals surface area contributed by atoms with E-state index in [9.17, 15) is 0 Å². The maximum absolute atomic E-state index is 5.97. The van der Waals surface area contributed by atoms with Crippen molar-refractivity contribution in [3.63, 3.8) is 0 Å². The van der Waals surface area contributed by atoms with E-state index in [0.717, 1.165) is 23.3 Å². The minimum absolute atomic E-state index is 0.0961. The summed E-state index contributed by atoms with van der Waals surface area (Å²) in [5.74, 6) is 0.756. The number of piperidine rings is 1. The molecule has 2 heterocycles. The number of rotatable bonds is 2. The second-order valence-electron chi connectivity index (χ2n) is 5.29. The Hall–Kier alpha value is -0.610. The largest absolute Gasteiger partial charge is 0.345 e. The summed E-state index contributed by atoms with van der Waals surface area (Å²) in [6.07, 6.45) is 2.61. The highest BCUT2D eigenvalue weighted by Gasteiger charge is 2.27. The molecule has 0 bridgehead atoms. The summed E-state index contributed by atoms with van der Waals surface area (Å²) in [6.45, 7) is 9.88. The van der Waals surface area contributed by atoms with Crippen LogP contribution in [0.1, 0.15) is 50.2 Å². The quantitative estimate of drug-likeness (QED) is 0.880. The lowest BCUT2D eigenvalue weighted by molar-refractivity contribution is 0.363. The summed E-state index contributed by atoms with van der Waals surface area (Å²) < 4.78 is 0. The van der Waals surface area contributed by atoms with E-state index in [0.29, 0.717) is 6.04 Å². The topological polar surface area (TPSA) is 42.2 Å². The maximum atomic E-state index is 5.97. The van der Waals surface area contributed by atoms with Crippen molar-refractivity contribution in [2.75, 3.05) is 11.4 Å². The molecule has 0 radical (unpaired) electrons. The minimum atomic E-state index is 0.0961. The van der Waals surface area contributed by atoms with Gasteiger partial charge in [0.05, 0.1) is 5.69 Å². The molecule has 1 aliphatic rings. The van der Waals surface area contributed by atoms with Crippen LogP contribution in [0.2, 0.25) is 0 Å². The lowest BCUT2D eigenvalue weighted by Crippen LogP contribution is -2.42. The van der Waals surface area contributed by atoms with Crippen molar-refractivity contribution in [1.29, 1.82) is 0 Å². The number of hydrogen-bond donors (Lipinski definition) is 1. The van der Waals surface area contributed by atoms with Crippen molar-refractivity contribution in [2.24, 2.45) is 11.7 Å². The Balaban J connectivity index is 2.24. The van der Waals surface area contributed by atoms with Gasteiger partial charge in [-0.15, -0.1) is 11.3 Å². The molecule has 1 fully saturated rings. The molecule has 96 valence electrons. The van der Waals surface area contributed by atoms with Crippen LogP contribution in [0, 0.1) is 12.8 Å². The zero-order valence-corrected chi connectivity index (χ0v) is 12.0. The molecule has 0 saturated carbocycles. The summed E-state index contributed by atoms with van der Waals surface area (Å²) >= 11 is 1.77. The van der Waals surface area contributed by atoms with Crippen LogP contribution in [0.15, 0.2) is 0 Å². The predicted octanol–water partition coefficient (Wildman–Crippen LogP) is 3.10. The van der Waals surface area contributed by atoms with E-state index in [4.69, 9.17) is 10.7 Å². The van der Waals surface area contributed by atoms with Crippen molar-refractivity contribution in [1.82, 2.24) is 4.98 Å². The highest BCUT2D eigenvalue weighted by Crippen LogP contribution is 2.34. The van der Waals surface area contributed by atoms with Crippen molar-refractivity contribution >= 4 is 16.5 Å². The molecule has 0 amide bonds. The van der Waals surface area contributed by atoms with Crippen LogP contribution in [0.5, 0.6) is 0 Å². The van der Waals surface area contributed by atoms with Crippen LogP contribution in [0.4, 0.5) is 5.13 Å². The molecule has 0 aromatic carbocycles. The van der Waals surface area contributed by atoms with Crippen LogP contribution >= 0.6 is 11.3 Å². The van der Waals surface area contributed by atoms with Gasteiger partial charge in [0.1, 0.15) is 0 Å². The van der Waals surface area contributed by atoms with Gasteiger partial charge in [-0.05, 0) is 39.5 Å². The number of nitrogens with zero attached hydrogens (tertiary/aromatic N) is 2. The van der Waals surface area contributed by atoms with E-state index in [-0.39, 0.29) is 6.04 Å². The average molecular weight is 253 g/mol. The van der Waals surface area contributed by atoms with E-state index < -0.39 is 0 Å². The fraction of sp³-hybridized carbons (Fsp3) is 0.769. The summed E-state index contributed by atoms with van der Waals surface area (Å²) in [5, 5.41) is 1.16. The third kappa shape index (κ3) is 2.47. The molecule has 1 aliphatic heterocycles. The van der Waals surface area contributed by atoms with Crippen LogP contribution in [-0.2, 0) is 0 Å². The molecule has 0 aliphatic carbocycles. The van der Waals surface area contributed by atoms with Crippen molar-refractivity contribution in [2.45, 2.75) is 52.6 Å². The first-order valence-corrected chi connectivity index (χ1v) is 7.32. The minimum Gasteiger partial charge on any atom is -0.345 e. The lowest BCUT2D eigenvalue weighted by atomic mass is 9.93. The van der Waals surface area contributed by atoms with E-state index >= 15 is 0 Å². The number of aryl methyl sites for hydroxylation is 1. The Morgan fingerprint density at radius 2 is 2.18 bits per heavy atom. The van der Waals surface area contributed by atoms with Crippen molar-refractivity contribution < 1.29 is 0 Å². The van der Waals surface area contributed by atoms with Crippen LogP contribution in [0.25, 0.3) is 0 Å². The summed E-state index contributed by atoms with van der Waals surface area (Å²) in [6, 6.07) is 0.689. The second kappa shape index (κ2) is 4.94. The molecule has 1 aromatic rings. The van der Waals surface area contributed by atoms with Crippen LogP contribution in [-0.4, -0.2) is 17.6 Å². The summed E-state index contributed by atoms with van der Waals surface area (Å²) in [4.78, 5) is 8.39. The predicted molar refractivity (Wildman–Crippen MR) is 74.7 cm³/mol. The third-order valence-corrected chi connectivity index (χ3v) is 5.25. The van der Waals surface area contributed by atoms with E-state index in [1.807, 2.05) is 6.92 Å². The molecule has 3 unspecified atom stereocenters. The zero-order valence-electron chi connectivity index (χ0n) is 11.2. The fourth-order valence-corrected chi connectivity index (χ4v) is 3.68. The molecule has 2 rings (SSSR count). The number of nitrogens with two attached hydrogens (primary N) is 1. The Bertz CT molecular complexity index is 386. The number of hydrogen-bond acceptors (Lipinski definition) is 4. The van der Waals surface area contributed by atoms with Crippen molar-refractivity contribution in [3.05, 3.63) is 10.6 Å². The zero-order chi connectivity index (χ0) is 12.6. The Labute approximate surface area is 108 Å². The molecule has 2 N–H and O–H groups in total. The highest BCUT2D eigenvalue weighted by atomic mass is 32.1. The normalized spacial score (nSPS) is 27.2. The third-order valence-electron chi connectivity index (χ3n) is 3.85. The molecule has 1 aromatic heterocycles. The smallest absolute Gasteiger partial charge is 0.186 e. The average Bonchev–Trinajstić information content (AvgIpc) is 2.64. The van der Waals surface area contributed by atoms with E-state index in [1.54, 1.807) is 11.3 Å². The molecule has 3 nitrogen and oxygen atoms in total. The Kier molecular flexibility index (Phi) is 3.73. The van der Waals surface area contributed by atoms with Gasteiger partial charge in [0.25, 0.3) is 0 Å². The Morgan fingerprint density at radius 1 is 1.47 bits per heavy atom. The fourth-order valence-electron chi connectivity index (χ4n) is 2.54. The molecule has 4 heteroatoms. The summed E-state index contributed by atoms with van der Waals surface area (Å²) in [7, 11) is 0. The number of thiazole rings is 1. The molecular weight excluding hydrogens is 230 g/mol. The van der Waals surface area contributed by atoms with Gasteiger partial charge in [-0.3, -0.25) is 0 Å². The first-order valence-electron chi connectivity index (χ1n) is 6.50. The van der Waals surface area contributed by atoms with Crippen LogP contribution < -0.4 is 10.6 Å². The van der Waals surface area contributed by atoms with Crippen molar-refractivity contribution in [3.8, 4) is 0 Å². The van der Waals surface area contributed by atoms with Gasteiger partial charge in [0.2, 0.25) is 0 Å². The molecule has 3 atom stereocenters. The summed E-state index contributed by atoms with van der Waals surface area (Å²) in [5.41, 5.74) is 7.07. The van der Waals surface area contributed by atoms with Gasteiger partial charge >= 0.3 is 0 Å². The molecule has 1 saturated heterocycles. The lowest BCUT2D eigenvalue weighted by Gasteiger charge is -2.37. The van der Waals surface area contributed by atoms with Gasteiger partial charge in [-0.25, -0.2) is 4.98 Å². The maximum Gasteiger partial charge on any atom is 0.186 e. The van der Waals surface area contributed by atoms with Gasteiger partial charge in [0, 0.05) is 23.5 Å². The first kappa shape index (κ1) is 12.8. The first-order chi connectivity index (χ1) is 8.00. The Morgan fingerprint density at radius 3 is 2.76 bits per heavy atom. The monoisotopic (exact) mass is 253 g/mol. The molecule has 17 heavy (non-hydrogen) atoms. The van der Waals surface area contributed by atoms with Crippen LogP contribution in [0.3, 0.4) is 0 Å². The van der Waals surface area contributed by atoms with E-state index in [1.165, 1.54) is 17.7 Å².